The van der Waals surface area contributed by atoms with Gasteiger partial charge >= 0.3 is 0 Å². The molecule has 0 aliphatic rings. The average Bonchev–Trinajstić information content (AvgIpc) is 2.92. The Balaban J connectivity index is 1.88. The van der Waals surface area contributed by atoms with E-state index < -0.39 is 9.84 Å². The van der Waals surface area contributed by atoms with E-state index in [9.17, 15) is 8.42 Å². The lowest BCUT2D eigenvalue weighted by Crippen LogP contribution is -2.36. The number of thiophene rings is 1. The van der Waals surface area contributed by atoms with E-state index >= 15 is 0 Å². The first-order valence-electron chi connectivity index (χ1n) is 7.17. The SMILES string of the molecule is CN=C(NCc1ccc(S(C)(=O)=O)cc1)NCc1ccc(C)s1. The van der Waals surface area contributed by atoms with Crippen molar-refractivity contribution < 1.29 is 8.42 Å². The van der Waals surface area contributed by atoms with E-state index in [1.165, 1.54) is 16.0 Å². The molecule has 0 aliphatic heterocycles. The van der Waals surface area contributed by atoms with Crippen LogP contribution in [0.5, 0.6) is 0 Å². The van der Waals surface area contributed by atoms with Gasteiger partial charge in [0, 0.05) is 29.6 Å². The Morgan fingerprint density at radius 1 is 1.09 bits per heavy atom. The van der Waals surface area contributed by atoms with Crippen LogP contribution in [0.4, 0.5) is 0 Å². The van der Waals surface area contributed by atoms with Crippen LogP contribution in [-0.2, 0) is 22.9 Å². The summed E-state index contributed by atoms with van der Waals surface area (Å²) in [6.45, 7) is 3.39. The third-order valence-corrected chi connectivity index (χ3v) is 5.39. The summed E-state index contributed by atoms with van der Waals surface area (Å²) in [5.41, 5.74) is 0.993. The highest BCUT2D eigenvalue weighted by Crippen LogP contribution is 2.14. The molecule has 2 N–H and O–H groups in total. The first-order chi connectivity index (χ1) is 10.9. The van der Waals surface area contributed by atoms with Crippen molar-refractivity contribution in [2.24, 2.45) is 4.99 Å². The summed E-state index contributed by atoms with van der Waals surface area (Å²) in [6, 6.07) is 11.1. The molecule has 124 valence electrons. The van der Waals surface area contributed by atoms with Gasteiger partial charge in [-0.15, -0.1) is 11.3 Å². The number of nitrogens with zero attached hydrogens (tertiary/aromatic N) is 1. The predicted molar refractivity (Wildman–Crippen MR) is 95.6 cm³/mol. The highest BCUT2D eigenvalue weighted by molar-refractivity contribution is 7.90. The van der Waals surface area contributed by atoms with Crippen molar-refractivity contribution in [3.63, 3.8) is 0 Å². The lowest BCUT2D eigenvalue weighted by Gasteiger charge is -2.11. The molecule has 2 rings (SSSR count). The number of aliphatic imine (C=N–C) groups is 1. The largest absolute Gasteiger partial charge is 0.352 e. The lowest BCUT2D eigenvalue weighted by molar-refractivity contribution is 0.602. The molecule has 0 bridgehead atoms. The highest BCUT2D eigenvalue weighted by atomic mass is 32.2. The van der Waals surface area contributed by atoms with Crippen LogP contribution in [0, 0.1) is 6.92 Å². The van der Waals surface area contributed by atoms with Gasteiger partial charge in [0.15, 0.2) is 15.8 Å². The summed E-state index contributed by atoms with van der Waals surface area (Å²) in [4.78, 5) is 7.06. The lowest BCUT2D eigenvalue weighted by atomic mass is 10.2. The van der Waals surface area contributed by atoms with Crippen LogP contribution < -0.4 is 10.6 Å². The summed E-state index contributed by atoms with van der Waals surface area (Å²) < 4.78 is 22.9. The van der Waals surface area contributed by atoms with E-state index in [2.05, 4.69) is 34.7 Å². The Morgan fingerprint density at radius 3 is 2.26 bits per heavy atom. The zero-order valence-corrected chi connectivity index (χ0v) is 15.1. The van der Waals surface area contributed by atoms with E-state index in [0.717, 1.165) is 12.1 Å². The Labute approximate surface area is 141 Å². The van der Waals surface area contributed by atoms with Gasteiger partial charge in [0.25, 0.3) is 0 Å². The van der Waals surface area contributed by atoms with Crippen LogP contribution in [0.3, 0.4) is 0 Å². The van der Waals surface area contributed by atoms with Crippen LogP contribution >= 0.6 is 11.3 Å². The van der Waals surface area contributed by atoms with Crippen LogP contribution in [-0.4, -0.2) is 27.7 Å². The number of nitrogens with one attached hydrogen (secondary N) is 2. The fraction of sp³-hybridized carbons (Fsp3) is 0.312. The molecule has 5 nitrogen and oxygen atoms in total. The van der Waals surface area contributed by atoms with Gasteiger partial charge in [0.2, 0.25) is 0 Å². The third-order valence-electron chi connectivity index (χ3n) is 3.26. The predicted octanol–water partition coefficient (Wildman–Crippen LogP) is 2.33. The topological polar surface area (TPSA) is 70.6 Å². The molecule has 7 heteroatoms. The van der Waals surface area contributed by atoms with Gasteiger partial charge in [-0.2, -0.15) is 0 Å². The number of hydrogen-bond donors (Lipinski definition) is 2. The Bertz CT molecular complexity index is 778. The Hall–Kier alpha value is -1.86. The van der Waals surface area contributed by atoms with E-state index in [-0.39, 0.29) is 0 Å². The summed E-state index contributed by atoms with van der Waals surface area (Å²) in [5.74, 6) is 0.711. The van der Waals surface area contributed by atoms with Crippen molar-refractivity contribution in [2.75, 3.05) is 13.3 Å². The summed E-state index contributed by atoms with van der Waals surface area (Å²) in [5, 5.41) is 6.47. The van der Waals surface area contributed by atoms with Crippen LogP contribution in [0.15, 0.2) is 46.3 Å². The molecule has 0 atom stereocenters. The summed E-state index contributed by atoms with van der Waals surface area (Å²) in [7, 11) is -1.42. The molecular formula is C16H21N3O2S2. The molecule has 0 saturated carbocycles. The van der Waals surface area contributed by atoms with Gasteiger partial charge < -0.3 is 10.6 Å². The minimum atomic E-state index is -3.15. The molecule has 23 heavy (non-hydrogen) atoms. The van der Waals surface area contributed by atoms with Gasteiger partial charge in [-0.3, -0.25) is 4.99 Å². The van der Waals surface area contributed by atoms with Gasteiger partial charge in [-0.1, -0.05) is 12.1 Å². The Morgan fingerprint density at radius 2 is 1.74 bits per heavy atom. The van der Waals surface area contributed by atoms with Crippen molar-refractivity contribution in [3.05, 3.63) is 51.7 Å². The zero-order chi connectivity index (χ0) is 16.9. The number of aryl methyl sites for hydroxylation is 1. The van der Waals surface area contributed by atoms with Gasteiger partial charge in [0.1, 0.15) is 0 Å². The van der Waals surface area contributed by atoms with Crippen molar-refractivity contribution >= 4 is 27.1 Å². The minimum Gasteiger partial charge on any atom is -0.352 e. The van der Waals surface area contributed by atoms with Gasteiger partial charge in [0.05, 0.1) is 11.4 Å². The van der Waals surface area contributed by atoms with E-state index in [1.54, 1.807) is 42.6 Å². The van der Waals surface area contributed by atoms with Crippen molar-refractivity contribution in [1.29, 1.82) is 0 Å². The number of hydrogen-bond acceptors (Lipinski definition) is 4. The molecule has 1 aromatic carbocycles. The fourth-order valence-corrected chi connectivity index (χ4v) is 3.47. The smallest absolute Gasteiger partial charge is 0.191 e. The quantitative estimate of drug-likeness (QED) is 0.641. The second kappa shape index (κ2) is 7.61. The molecule has 0 saturated heterocycles. The maximum Gasteiger partial charge on any atom is 0.191 e. The molecule has 0 spiro atoms. The molecule has 0 fully saturated rings. The Kier molecular flexibility index (Phi) is 5.79. The minimum absolute atomic E-state index is 0.330. The first-order valence-corrected chi connectivity index (χ1v) is 9.88. The molecule has 0 radical (unpaired) electrons. The second-order valence-electron chi connectivity index (χ2n) is 5.21. The van der Waals surface area contributed by atoms with Crippen LogP contribution in [0.25, 0.3) is 0 Å². The molecular weight excluding hydrogens is 330 g/mol. The van der Waals surface area contributed by atoms with Gasteiger partial charge in [-0.05, 0) is 36.8 Å². The van der Waals surface area contributed by atoms with Crippen LogP contribution in [0.1, 0.15) is 15.3 Å². The summed E-state index contributed by atoms with van der Waals surface area (Å²) >= 11 is 1.76. The van der Waals surface area contributed by atoms with Crippen LogP contribution in [0.2, 0.25) is 0 Å². The van der Waals surface area contributed by atoms with Crippen molar-refractivity contribution in [3.8, 4) is 0 Å². The van der Waals surface area contributed by atoms with E-state index in [1.807, 2.05) is 0 Å². The molecule has 1 aromatic heterocycles. The average molecular weight is 351 g/mol. The third kappa shape index (κ3) is 5.37. The molecule has 0 unspecified atom stereocenters. The summed E-state index contributed by atoms with van der Waals surface area (Å²) in [6.07, 6.45) is 1.21. The first kappa shape index (κ1) is 17.5. The zero-order valence-electron chi connectivity index (χ0n) is 13.5. The number of rotatable bonds is 5. The molecule has 2 aromatic rings. The van der Waals surface area contributed by atoms with E-state index in [0.29, 0.717) is 17.4 Å². The second-order valence-corrected chi connectivity index (χ2v) is 8.60. The standard InChI is InChI=1S/C16H21N3O2S2/c1-12-4-7-14(22-12)11-19-16(17-2)18-10-13-5-8-15(9-6-13)23(3,20)21/h4-9H,10-11H2,1-3H3,(H2,17,18,19). The van der Waals surface area contributed by atoms with Crippen molar-refractivity contribution in [2.45, 2.75) is 24.9 Å². The molecule has 1 heterocycles. The van der Waals surface area contributed by atoms with E-state index in [4.69, 9.17) is 0 Å². The maximum absolute atomic E-state index is 11.4. The number of guanidine groups is 1. The molecule has 0 amide bonds. The normalized spacial score (nSPS) is 12.2. The number of benzene rings is 1. The fourth-order valence-electron chi connectivity index (χ4n) is 2.01. The number of sulfone groups is 1. The highest BCUT2D eigenvalue weighted by Gasteiger charge is 2.06. The van der Waals surface area contributed by atoms with Crippen molar-refractivity contribution in [1.82, 2.24) is 10.6 Å². The monoisotopic (exact) mass is 351 g/mol. The van der Waals surface area contributed by atoms with Gasteiger partial charge in [-0.25, -0.2) is 8.42 Å². The maximum atomic E-state index is 11.4. The molecule has 0 aliphatic carbocycles.